The van der Waals surface area contributed by atoms with Crippen LogP contribution in [0.15, 0.2) is 11.1 Å². The molecule has 1 aromatic rings. The molecule has 8 nitrogen and oxygen atoms in total. The van der Waals surface area contributed by atoms with Gasteiger partial charge in [0.1, 0.15) is 10.9 Å². The number of rotatable bonds is 3. The first kappa shape index (κ1) is 13.0. The summed E-state index contributed by atoms with van der Waals surface area (Å²) in [5.74, 6) is -1.27. The van der Waals surface area contributed by atoms with E-state index < -0.39 is 28.1 Å². The second-order valence-corrected chi connectivity index (χ2v) is 6.04. The Labute approximate surface area is 103 Å². The third-order valence-electron chi connectivity index (χ3n) is 2.89. The van der Waals surface area contributed by atoms with Crippen molar-refractivity contribution in [2.75, 3.05) is 6.54 Å². The van der Waals surface area contributed by atoms with Gasteiger partial charge >= 0.3 is 5.97 Å². The SMILES string of the molecule is Cc1[nH]ncc1S(=O)(=O)N1CC(O)C[C@H]1C(=O)O. The molecule has 9 heteroatoms. The summed E-state index contributed by atoms with van der Waals surface area (Å²) in [6.07, 6.45) is 0.0628. The number of aryl methyl sites for hydroxylation is 1. The van der Waals surface area contributed by atoms with Crippen LogP contribution in [0.5, 0.6) is 0 Å². The first-order chi connectivity index (χ1) is 8.34. The van der Waals surface area contributed by atoms with E-state index >= 15 is 0 Å². The molecule has 1 saturated heterocycles. The van der Waals surface area contributed by atoms with E-state index in [1.165, 1.54) is 6.92 Å². The molecule has 0 aliphatic carbocycles. The van der Waals surface area contributed by atoms with Gasteiger partial charge in [-0.05, 0) is 6.92 Å². The highest BCUT2D eigenvalue weighted by Crippen LogP contribution is 2.27. The molecule has 18 heavy (non-hydrogen) atoms. The second kappa shape index (κ2) is 4.34. The molecule has 0 saturated carbocycles. The number of aliphatic hydroxyl groups excluding tert-OH is 1. The maximum absolute atomic E-state index is 12.3. The lowest BCUT2D eigenvalue weighted by Gasteiger charge is -2.20. The normalized spacial score (nSPS) is 25.4. The fraction of sp³-hybridized carbons (Fsp3) is 0.556. The van der Waals surface area contributed by atoms with E-state index in [9.17, 15) is 18.3 Å². The molecule has 100 valence electrons. The van der Waals surface area contributed by atoms with Gasteiger partial charge in [-0.15, -0.1) is 0 Å². The van der Waals surface area contributed by atoms with Gasteiger partial charge < -0.3 is 10.2 Å². The number of aromatic amines is 1. The smallest absolute Gasteiger partial charge is 0.322 e. The Hall–Kier alpha value is -1.45. The zero-order valence-corrected chi connectivity index (χ0v) is 10.4. The number of hydrogen-bond acceptors (Lipinski definition) is 5. The van der Waals surface area contributed by atoms with Crippen LogP contribution in [0, 0.1) is 6.92 Å². The van der Waals surface area contributed by atoms with Gasteiger partial charge in [-0.2, -0.15) is 9.40 Å². The molecular weight excluding hydrogens is 262 g/mol. The molecule has 0 aromatic carbocycles. The van der Waals surface area contributed by atoms with Crippen molar-refractivity contribution in [1.82, 2.24) is 14.5 Å². The number of β-amino-alcohol motifs (C(OH)–C–C–N with tert-alkyl or cyclic N) is 1. The Balaban J connectivity index is 2.41. The van der Waals surface area contributed by atoms with Crippen molar-refractivity contribution in [3.05, 3.63) is 11.9 Å². The molecule has 1 aliphatic rings. The molecule has 1 unspecified atom stereocenters. The summed E-state index contributed by atoms with van der Waals surface area (Å²) in [6.45, 7) is 1.31. The van der Waals surface area contributed by atoms with Gasteiger partial charge in [-0.25, -0.2) is 8.42 Å². The lowest BCUT2D eigenvalue weighted by Crippen LogP contribution is -2.40. The number of H-pyrrole nitrogens is 1. The van der Waals surface area contributed by atoms with Crippen LogP contribution in [-0.4, -0.2) is 57.8 Å². The summed E-state index contributed by atoms with van der Waals surface area (Å²) in [7, 11) is -3.95. The third-order valence-corrected chi connectivity index (χ3v) is 4.88. The van der Waals surface area contributed by atoms with Crippen LogP contribution < -0.4 is 0 Å². The number of carboxylic acid groups (broad SMARTS) is 1. The summed E-state index contributed by atoms with van der Waals surface area (Å²) in [5.41, 5.74) is 0.334. The van der Waals surface area contributed by atoms with Crippen LogP contribution in [0.2, 0.25) is 0 Å². The summed E-state index contributed by atoms with van der Waals surface area (Å²) >= 11 is 0. The molecule has 0 spiro atoms. The maximum atomic E-state index is 12.3. The minimum atomic E-state index is -3.95. The number of hydrogen-bond donors (Lipinski definition) is 3. The van der Waals surface area contributed by atoms with Crippen LogP contribution >= 0.6 is 0 Å². The molecule has 0 amide bonds. The van der Waals surface area contributed by atoms with Crippen molar-refractivity contribution in [2.24, 2.45) is 0 Å². The van der Waals surface area contributed by atoms with Gasteiger partial charge in [0.25, 0.3) is 0 Å². The van der Waals surface area contributed by atoms with E-state index in [1.807, 2.05) is 0 Å². The van der Waals surface area contributed by atoms with Gasteiger partial charge in [0.15, 0.2) is 0 Å². The summed E-state index contributed by atoms with van der Waals surface area (Å²) in [5, 5.41) is 24.5. The molecule has 0 radical (unpaired) electrons. The number of carbonyl (C=O) groups is 1. The van der Waals surface area contributed by atoms with E-state index in [4.69, 9.17) is 5.11 Å². The van der Waals surface area contributed by atoms with Crippen LogP contribution in [0.4, 0.5) is 0 Å². The van der Waals surface area contributed by atoms with Crippen molar-refractivity contribution in [3.63, 3.8) is 0 Å². The lowest BCUT2D eigenvalue weighted by atomic mass is 10.2. The largest absolute Gasteiger partial charge is 0.480 e. The minimum absolute atomic E-state index is 0.0668. The Bertz CT molecular complexity index is 567. The molecule has 2 atom stereocenters. The van der Waals surface area contributed by atoms with Crippen LogP contribution in [0.25, 0.3) is 0 Å². The first-order valence-electron chi connectivity index (χ1n) is 5.26. The zero-order valence-electron chi connectivity index (χ0n) is 9.57. The minimum Gasteiger partial charge on any atom is -0.480 e. The average molecular weight is 275 g/mol. The highest BCUT2D eigenvalue weighted by Gasteiger charge is 2.44. The van der Waals surface area contributed by atoms with Crippen molar-refractivity contribution in [2.45, 2.75) is 30.4 Å². The highest BCUT2D eigenvalue weighted by molar-refractivity contribution is 7.89. The van der Waals surface area contributed by atoms with Gasteiger partial charge in [-0.3, -0.25) is 9.89 Å². The Morgan fingerprint density at radius 3 is 2.78 bits per heavy atom. The number of nitrogens with one attached hydrogen (secondary N) is 1. The van der Waals surface area contributed by atoms with Gasteiger partial charge in [0.2, 0.25) is 10.0 Å². The molecule has 1 aliphatic heterocycles. The average Bonchev–Trinajstić information content (AvgIpc) is 2.84. The standard InChI is InChI=1S/C9H13N3O5S/c1-5-8(3-10-11-5)18(16,17)12-4-6(13)2-7(12)9(14)15/h3,6-7,13H,2,4H2,1H3,(H,10,11)(H,14,15)/t6?,7-/m0/s1. The van der Waals surface area contributed by atoms with Crippen molar-refractivity contribution in [1.29, 1.82) is 0 Å². The zero-order chi connectivity index (χ0) is 13.5. The number of carboxylic acids is 1. The fourth-order valence-corrected chi connectivity index (χ4v) is 3.75. The topological polar surface area (TPSA) is 124 Å². The van der Waals surface area contributed by atoms with Gasteiger partial charge in [0, 0.05) is 13.0 Å². The van der Waals surface area contributed by atoms with E-state index in [-0.39, 0.29) is 17.9 Å². The number of aromatic nitrogens is 2. The molecule has 0 bridgehead atoms. The fourth-order valence-electron chi connectivity index (χ4n) is 2.00. The number of nitrogens with zero attached hydrogens (tertiary/aromatic N) is 2. The summed E-state index contributed by atoms with van der Waals surface area (Å²) in [4.78, 5) is 11.0. The van der Waals surface area contributed by atoms with Crippen LogP contribution in [-0.2, 0) is 14.8 Å². The predicted molar refractivity (Wildman–Crippen MR) is 59.3 cm³/mol. The van der Waals surface area contributed by atoms with Crippen molar-refractivity contribution >= 4 is 16.0 Å². The third kappa shape index (κ3) is 2.00. The number of aliphatic hydroxyl groups is 1. The molecule has 1 aromatic heterocycles. The Morgan fingerprint density at radius 1 is 1.61 bits per heavy atom. The van der Waals surface area contributed by atoms with Crippen molar-refractivity contribution < 1.29 is 23.4 Å². The summed E-state index contributed by atoms with van der Waals surface area (Å²) < 4.78 is 25.3. The number of sulfonamides is 1. The van der Waals surface area contributed by atoms with E-state index in [0.717, 1.165) is 10.5 Å². The highest BCUT2D eigenvalue weighted by atomic mass is 32.2. The second-order valence-electron chi connectivity index (χ2n) is 4.18. The van der Waals surface area contributed by atoms with Crippen LogP contribution in [0.3, 0.4) is 0 Å². The first-order valence-corrected chi connectivity index (χ1v) is 6.70. The monoisotopic (exact) mass is 275 g/mol. The lowest BCUT2D eigenvalue weighted by molar-refractivity contribution is -0.140. The summed E-state index contributed by atoms with van der Waals surface area (Å²) in [6, 6.07) is -1.24. The molecular formula is C9H13N3O5S. The predicted octanol–water partition coefficient (Wildman–Crippen LogP) is -1.07. The Morgan fingerprint density at radius 2 is 2.28 bits per heavy atom. The maximum Gasteiger partial charge on any atom is 0.322 e. The van der Waals surface area contributed by atoms with Gasteiger partial charge in [-0.1, -0.05) is 0 Å². The quantitative estimate of drug-likeness (QED) is 0.645. The molecule has 2 heterocycles. The van der Waals surface area contributed by atoms with Crippen molar-refractivity contribution in [3.8, 4) is 0 Å². The Kier molecular flexibility index (Phi) is 3.13. The van der Waals surface area contributed by atoms with E-state index in [1.54, 1.807) is 0 Å². The molecule has 2 rings (SSSR count). The van der Waals surface area contributed by atoms with Crippen LogP contribution in [0.1, 0.15) is 12.1 Å². The molecule has 3 N–H and O–H groups in total. The van der Waals surface area contributed by atoms with E-state index in [0.29, 0.717) is 5.69 Å². The van der Waals surface area contributed by atoms with E-state index in [2.05, 4.69) is 10.2 Å². The molecule has 1 fully saturated rings. The van der Waals surface area contributed by atoms with Gasteiger partial charge in [0.05, 0.1) is 18.0 Å². The number of aliphatic carboxylic acids is 1.